The number of aliphatic hydroxyl groups is 3. The first kappa shape index (κ1) is 23.6. The Balaban J connectivity index is 1.85. The third kappa shape index (κ3) is 6.17. The van der Waals surface area contributed by atoms with E-state index in [0.29, 0.717) is 19.3 Å². The standard InChI is InChI=1S/C19H26N4O7/c20-9-13-17(28)14(11-25)30-18(13)23-8-7-15(22-19(23)29)21-16(27)6-4-2-1-3-5-12(26)10-24/h7-8,13-14,17-18,24-25,28H,1-6,10-11H2,(H,21,22,27,29)/t13-,14+,17-,18+/m0/s1. The molecule has 164 valence electrons. The third-order valence-corrected chi connectivity index (χ3v) is 4.86. The van der Waals surface area contributed by atoms with Crippen LogP contribution in [0, 0.1) is 17.2 Å². The number of amides is 1. The highest BCUT2D eigenvalue weighted by Crippen LogP contribution is 2.33. The second-order valence-corrected chi connectivity index (χ2v) is 7.05. The molecule has 1 saturated heterocycles. The Morgan fingerprint density at radius 3 is 2.53 bits per heavy atom. The molecule has 30 heavy (non-hydrogen) atoms. The van der Waals surface area contributed by atoms with Crippen LogP contribution in [0.5, 0.6) is 0 Å². The van der Waals surface area contributed by atoms with Crippen LogP contribution in [0.4, 0.5) is 5.82 Å². The van der Waals surface area contributed by atoms with E-state index in [1.165, 1.54) is 12.3 Å². The van der Waals surface area contributed by atoms with Gasteiger partial charge in [-0.3, -0.25) is 14.2 Å². The highest BCUT2D eigenvalue weighted by molar-refractivity contribution is 5.89. The fourth-order valence-corrected chi connectivity index (χ4v) is 3.20. The first-order chi connectivity index (χ1) is 14.4. The molecule has 0 unspecified atom stereocenters. The van der Waals surface area contributed by atoms with Crippen molar-refractivity contribution in [2.24, 2.45) is 5.92 Å². The molecule has 11 nitrogen and oxygen atoms in total. The van der Waals surface area contributed by atoms with Crippen molar-refractivity contribution in [2.75, 3.05) is 18.5 Å². The molecule has 1 aliphatic rings. The smallest absolute Gasteiger partial charge is 0.351 e. The quantitative estimate of drug-likeness (QED) is 0.342. The van der Waals surface area contributed by atoms with Gasteiger partial charge in [0.05, 0.1) is 12.7 Å². The summed E-state index contributed by atoms with van der Waals surface area (Å²) in [5.41, 5.74) is -0.766. The van der Waals surface area contributed by atoms with E-state index in [1.54, 1.807) is 0 Å². The van der Waals surface area contributed by atoms with Gasteiger partial charge in [0.2, 0.25) is 5.91 Å². The highest BCUT2D eigenvalue weighted by Gasteiger charge is 2.45. The zero-order valence-electron chi connectivity index (χ0n) is 16.4. The number of carbonyl (C=O) groups is 2. The topological polar surface area (TPSA) is 175 Å². The maximum Gasteiger partial charge on any atom is 0.351 e. The lowest BCUT2D eigenvalue weighted by Crippen LogP contribution is -2.32. The van der Waals surface area contributed by atoms with Crippen molar-refractivity contribution in [3.8, 4) is 6.07 Å². The molecule has 4 atom stereocenters. The Kier molecular flexibility index (Phi) is 9.07. The van der Waals surface area contributed by atoms with Crippen molar-refractivity contribution in [3.63, 3.8) is 0 Å². The number of rotatable bonds is 11. The third-order valence-electron chi connectivity index (χ3n) is 4.86. The number of ketones is 1. The van der Waals surface area contributed by atoms with Gasteiger partial charge in [0.25, 0.3) is 0 Å². The first-order valence-corrected chi connectivity index (χ1v) is 9.76. The van der Waals surface area contributed by atoms with Crippen LogP contribution in [0.2, 0.25) is 0 Å². The number of unbranched alkanes of at least 4 members (excludes halogenated alkanes) is 3. The van der Waals surface area contributed by atoms with Crippen molar-refractivity contribution in [3.05, 3.63) is 22.7 Å². The van der Waals surface area contributed by atoms with Crippen LogP contribution in [0.25, 0.3) is 0 Å². The van der Waals surface area contributed by atoms with Gasteiger partial charge in [0, 0.05) is 19.0 Å². The molecule has 2 heterocycles. The summed E-state index contributed by atoms with van der Waals surface area (Å²) >= 11 is 0. The normalized spacial score (nSPS) is 23.1. The lowest BCUT2D eigenvalue weighted by Gasteiger charge is -2.16. The molecule has 0 aromatic carbocycles. The summed E-state index contributed by atoms with van der Waals surface area (Å²) in [5, 5.41) is 39.6. The number of ether oxygens (including phenoxy) is 1. The molecule has 0 radical (unpaired) electrons. The molecule has 0 aliphatic carbocycles. The second-order valence-electron chi connectivity index (χ2n) is 7.05. The largest absolute Gasteiger partial charge is 0.394 e. The van der Waals surface area contributed by atoms with Crippen molar-refractivity contribution in [2.45, 2.75) is 57.0 Å². The van der Waals surface area contributed by atoms with Crippen LogP contribution < -0.4 is 11.0 Å². The number of aromatic nitrogens is 2. The van der Waals surface area contributed by atoms with E-state index in [9.17, 15) is 29.9 Å². The number of nitriles is 1. The first-order valence-electron chi connectivity index (χ1n) is 9.76. The number of hydrogen-bond acceptors (Lipinski definition) is 9. The molecule has 1 aliphatic heterocycles. The lowest BCUT2D eigenvalue weighted by atomic mass is 10.0. The zero-order chi connectivity index (χ0) is 22.1. The summed E-state index contributed by atoms with van der Waals surface area (Å²) in [7, 11) is 0. The Bertz CT molecular complexity index is 835. The van der Waals surface area contributed by atoms with Crippen LogP contribution in [0.15, 0.2) is 17.1 Å². The van der Waals surface area contributed by atoms with E-state index in [2.05, 4.69) is 10.3 Å². The minimum Gasteiger partial charge on any atom is -0.394 e. The monoisotopic (exact) mass is 422 g/mol. The molecule has 2 rings (SSSR count). The van der Waals surface area contributed by atoms with E-state index in [1.807, 2.05) is 6.07 Å². The summed E-state index contributed by atoms with van der Waals surface area (Å²) in [6, 6.07) is 3.26. The molecular formula is C19H26N4O7. The van der Waals surface area contributed by atoms with E-state index >= 15 is 0 Å². The van der Waals surface area contributed by atoms with Crippen LogP contribution in [-0.2, 0) is 14.3 Å². The number of nitrogens with one attached hydrogen (secondary N) is 1. The van der Waals surface area contributed by atoms with E-state index in [-0.39, 0.29) is 23.9 Å². The Morgan fingerprint density at radius 2 is 1.93 bits per heavy atom. The fourth-order valence-electron chi connectivity index (χ4n) is 3.20. The molecule has 11 heteroatoms. The Labute approximate surface area is 172 Å². The van der Waals surface area contributed by atoms with Gasteiger partial charge >= 0.3 is 5.69 Å². The Morgan fingerprint density at radius 1 is 1.23 bits per heavy atom. The molecule has 1 aromatic rings. The van der Waals surface area contributed by atoms with Gasteiger partial charge in [-0.25, -0.2) is 4.79 Å². The van der Waals surface area contributed by atoms with E-state index < -0.39 is 43.3 Å². The number of aliphatic hydroxyl groups excluding tert-OH is 3. The molecule has 0 bridgehead atoms. The number of carbonyl (C=O) groups excluding carboxylic acids is 2. The average molecular weight is 422 g/mol. The van der Waals surface area contributed by atoms with Crippen molar-refractivity contribution >= 4 is 17.5 Å². The number of hydrogen-bond donors (Lipinski definition) is 4. The van der Waals surface area contributed by atoms with Gasteiger partial charge in [0.15, 0.2) is 12.0 Å². The number of Topliss-reactive ketones (excluding diaryl/α,β-unsaturated/α-hetero) is 1. The van der Waals surface area contributed by atoms with Crippen LogP contribution in [-0.4, -0.2) is 62.0 Å². The van der Waals surface area contributed by atoms with E-state index in [0.717, 1.165) is 17.4 Å². The second kappa shape index (κ2) is 11.5. The van der Waals surface area contributed by atoms with Crippen LogP contribution >= 0.6 is 0 Å². The number of anilines is 1. The predicted molar refractivity (Wildman–Crippen MR) is 103 cm³/mol. The maximum absolute atomic E-state index is 12.3. The van der Waals surface area contributed by atoms with Crippen molar-refractivity contribution in [1.29, 1.82) is 5.26 Å². The molecular weight excluding hydrogens is 396 g/mol. The molecule has 0 spiro atoms. The number of nitrogens with zero attached hydrogens (tertiary/aromatic N) is 3. The highest BCUT2D eigenvalue weighted by atomic mass is 16.5. The van der Waals surface area contributed by atoms with E-state index in [4.69, 9.17) is 9.84 Å². The average Bonchev–Trinajstić information content (AvgIpc) is 3.05. The maximum atomic E-state index is 12.3. The Hall–Kier alpha value is -2.65. The predicted octanol–water partition coefficient (Wildman–Crippen LogP) is -0.526. The van der Waals surface area contributed by atoms with Gasteiger partial charge < -0.3 is 25.4 Å². The molecule has 1 fully saturated rings. The molecule has 0 saturated carbocycles. The fraction of sp³-hybridized carbons (Fsp3) is 0.632. The van der Waals surface area contributed by atoms with Gasteiger partial charge in [0.1, 0.15) is 30.6 Å². The summed E-state index contributed by atoms with van der Waals surface area (Å²) < 4.78 is 6.44. The van der Waals surface area contributed by atoms with Gasteiger partial charge in [-0.1, -0.05) is 12.8 Å². The summed E-state index contributed by atoms with van der Waals surface area (Å²) in [6.07, 6.45) is 1.36. The molecule has 1 aromatic heterocycles. The minimum atomic E-state index is -1.24. The van der Waals surface area contributed by atoms with Gasteiger partial charge in [-0.05, 0) is 18.9 Å². The minimum absolute atomic E-state index is 0.0561. The van der Waals surface area contributed by atoms with Crippen LogP contribution in [0.3, 0.4) is 0 Å². The summed E-state index contributed by atoms with van der Waals surface area (Å²) in [4.78, 5) is 39.1. The van der Waals surface area contributed by atoms with Gasteiger partial charge in [-0.15, -0.1) is 0 Å². The molecule has 1 amide bonds. The lowest BCUT2D eigenvalue weighted by molar-refractivity contribution is -0.122. The van der Waals surface area contributed by atoms with Crippen molar-refractivity contribution in [1.82, 2.24) is 9.55 Å². The summed E-state index contributed by atoms with van der Waals surface area (Å²) in [5.74, 6) is -1.50. The summed E-state index contributed by atoms with van der Waals surface area (Å²) in [6.45, 7) is -0.940. The SMILES string of the molecule is N#C[C@H]1[C@H](O)[C@@H](CO)O[C@H]1n1ccc(NC(=O)CCCCCCC(=O)CO)nc1=O. The van der Waals surface area contributed by atoms with Gasteiger partial charge in [-0.2, -0.15) is 10.2 Å². The van der Waals surface area contributed by atoms with Crippen molar-refractivity contribution < 1.29 is 29.6 Å². The molecule has 4 N–H and O–H groups in total. The van der Waals surface area contributed by atoms with Crippen LogP contribution in [0.1, 0.15) is 44.8 Å². The zero-order valence-corrected chi connectivity index (χ0v) is 16.4.